The van der Waals surface area contributed by atoms with Crippen LogP contribution in [-0.4, -0.2) is 9.97 Å². The number of benzene rings is 2. The Bertz CT molecular complexity index is 886. The number of halogens is 3. The number of rotatable bonds is 4. The van der Waals surface area contributed by atoms with Crippen LogP contribution in [0.5, 0.6) is 0 Å². The summed E-state index contributed by atoms with van der Waals surface area (Å²) in [4.78, 5) is 8.48. The van der Waals surface area contributed by atoms with E-state index < -0.39 is 11.6 Å². The lowest BCUT2D eigenvalue weighted by Gasteiger charge is -2.10. The van der Waals surface area contributed by atoms with E-state index in [2.05, 4.69) is 36.5 Å². The van der Waals surface area contributed by atoms with Crippen molar-refractivity contribution in [2.75, 3.05) is 10.6 Å². The van der Waals surface area contributed by atoms with Crippen molar-refractivity contribution in [1.82, 2.24) is 9.97 Å². The van der Waals surface area contributed by atoms with Gasteiger partial charge in [-0.3, -0.25) is 0 Å². The average molecular weight is 391 g/mol. The van der Waals surface area contributed by atoms with Gasteiger partial charge in [0.2, 0.25) is 5.95 Å². The van der Waals surface area contributed by atoms with Crippen molar-refractivity contribution in [2.24, 2.45) is 0 Å². The first kappa shape index (κ1) is 16.3. The van der Waals surface area contributed by atoms with Crippen molar-refractivity contribution < 1.29 is 8.78 Å². The van der Waals surface area contributed by atoms with Crippen molar-refractivity contribution in [2.45, 2.75) is 6.92 Å². The van der Waals surface area contributed by atoms with Gasteiger partial charge in [0.05, 0.1) is 0 Å². The lowest BCUT2D eigenvalue weighted by molar-refractivity contribution is 0.509. The molecule has 122 valence electrons. The molecule has 24 heavy (non-hydrogen) atoms. The minimum absolute atomic E-state index is 0.396. The molecule has 0 fully saturated rings. The molecule has 0 spiro atoms. The van der Waals surface area contributed by atoms with E-state index in [0.717, 1.165) is 27.9 Å². The van der Waals surface area contributed by atoms with E-state index in [-0.39, 0.29) is 0 Å². The second-order valence-electron chi connectivity index (χ2n) is 5.10. The van der Waals surface area contributed by atoms with Crippen LogP contribution >= 0.6 is 15.9 Å². The highest BCUT2D eigenvalue weighted by Gasteiger charge is 2.06. The van der Waals surface area contributed by atoms with Crippen LogP contribution in [-0.2, 0) is 0 Å². The summed E-state index contributed by atoms with van der Waals surface area (Å²) in [6.45, 7) is 1.97. The second kappa shape index (κ2) is 6.92. The quantitative estimate of drug-likeness (QED) is 0.633. The number of anilines is 4. The molecule has 2 N–H and O–H groups in total. The fourth-order valence-corrected chi connectivity index (χ4v) is 2.57. The fraction of sp³-hybridized carbons (Fsp3) is 0.0588. The Morgan fingerprint density at radius 2 is 1.79 bits per heavy atom. The van der Waals surface area contributed by atoms with Gasteiger partial charge in [-0.05, 0) is 48.9 Å². The molecule has 3 aromatic rings. The number of nitrogens with one attached hydrogen (secondary N) is 2. The third-order valence-corrected chi connectivity index (χ3v) is 3.78. The van der Waals surface area contributed by atoms with E-state index in [0.29, 0.717) is 17.5 Å². The van der Waals surface area contributed by atoms with Gasteiger partial charge in [0, 0.05) is 28.1 Å². The third-order valence-electron chi connectivity index (χ3n) is 3.28. The van der Waals surface area contributed by atoms with Crippen LogP contribution in [0.15, 0.2) is 53.1 Å². The Labute approximate surface area is 146 Å². The summed E-state index contributed by atoms with van der Waals surface area (Å²) in [5.41, 5.74) is 2.31. The van der Waals surface area contributed by atoms with Crippen molar-refractivity contribution >= 4 is 39.1 Å². The summed E-state index contributed by atoms with van der Waals surface area (Å²) in [7, 11) is 0. The molecule has 1 aromatic heterocycles. The van der Waals surface area contributed by atoms with Crippen LogP contribution in [0.2, 0.25) is 0 Å². The van der Waals surface area contributed by atoms with Crippen LogP contribution in [0.4, 0.5) is 31.9 Å². The van der Waals surface area contributed by atoms with Gasteiger partial charge in [-0.15, -0.1) is 0 Å². The first-order valence-corrected chi connectivity index (χ1v) is 7.89. The molecule has 0 amide bonds. The topological polar surface area (TPSA) is 49.8 Å². The van der Waals surface area contributed by atoms with Gasteiger partial charge in [0.15, 0.2) is 11.6 Å². The monoisotopic (exact) mass is 390 g/mol. The summed E-state index contributed by atoms with van der Waals surface area (Å²) in [5, 5.41) is 6.05. The Hall–Kier alpha value is -2.54. The van der Waals surface area contributed by atoms with Gasteiger partial charge in [-0.1, -0.05) is 15.9 Å². The zero-order valence-corrected chi connectivity index (χ0v) is 14.2. The maximum absolute atomic E-state index is 13.3. The smallest absolute Gasteiger partial charge is 0.229 e. The highest BCUT2D eigenvalue weighted by Crippen LogP contribution is 2.23. The Kier molecular flexibility index (Phi) is 4.71. The summed E-state index contributed by atoms with van der Waals surface area (Å²) in [6, 6.07) is 11.0. The van der Waals surface area contributed by atoms with Gasteiger partial charge in [0.1, 0.15) is 5.82 Å². The number of hydrogen-bond acceptors (Lipinski definition) is 4. The highest BCUT2D eigenvalue weighted by molar-refractivity contribution is 9.10. The van der Waals surface area contributed by atoms with Gasteiger partial charge in [-0.2, -0.15) is 4.98 Å². The third kappa shape index (κ3) is 3.86. The summed E-state index contributed by atoms with van der Waals surface area (Å²) >= 11 is 3.41. The van der Waals surface area contributed by atoms with Gasteiger partial charge in [-0.25, -0.2) is 13.8 Å². The molecule has 0 aliphatic carbocycles. The lowest BCUT2D eigenvalue weighted by Crippen LogP contribution is -2.01. The maximum Gasteiger partial charge on any atom is 0.229 e. The largest absolute Gasteiger partial charge is 0.340 e. The molecule has 7 heteroatoms. The van der Waals surface area contributed by atoms with E-state index in [9.17, 15) is 8.78 Å². The molecule has 1 heterocycles. The SMILES string of the molecule is Cc1cc(Br)ccc1Nc1nccc(Nc2ccc(F)c(F)c2)n1. The number of hydrogen-bond donors (Lipinski definition) is 2. The van der Waals surface area contributed by atoms with E-state index in [1.807, 2.05) is 25.1 Å². The van der Waals surface area contributed by atoms with Crippen LogP contribution in [0.25, 0.3) is 0 Å². The van der Waals surface area contributed by atoms with Crippen molar-refractivity contribution in [1.29, 1.82) is 0 Å². The molecule has 0 unspecified atom stereocenters. The van der Waals surface area contributed by atoms with E-state index >= 15 is 0 Å². The zero-order valence-electron chi connectivity index (χ0n) is 12.6. The normalized spacial score (nSPS) is 10.5. The predicted octanol–water partition coefficient (Wildman–Crippen LogP) is 5.31. The lowest BCUT2D eigenvalue weighted by atomic mass is 10.2. The summed E-state index contributed by atoms with van der Waals surface area (Å²) in [5.74, 6) is -0.949. The van der Waals surface area contributed by atoms with Crippen LogP contribution in [0, 0.1) is 18.6 Å². The van der Waals surface area contributed by atoms with Gasteiger partial charge in [0.25, 0.3) is 0 Å². The molecule has 0 aliphatic rings. The first-order chi connectivity index (χ1) is 11.5. The maximum atomic E-state index is 13.3. The van der Waals surface area contributed by atoms with E-state index in [1.165, 1.54) is 6.07 Å². The molecule has 0 aliphatic heterocycles. The van der Waals surface area contributed by atoms with Crippen molar-refractivity contribution in [3.8, 4) is 0 Å². The van der Waals surface area contributed by atoms with Gasteiger partial charge < -0.3 is 10.6 Å². The average Bonchev–Trinajstić information content (AvgIpc) is 2.54. The minimum Gasteiger partial charge on any atom is -0.340 e. The number of nitrogens with zero attached hydrogens (tertiary/aromatic N) is 2. The van der Waals surface area contributed by atoms with E-state index in [1.54, 1.807) is 12.3 Å². The van der Waals surface area contributed by atoms with Crippen molar-refractivity contribution in [3.63, 3.8) is 0 Å². The Morgan fingerprint density at radius 1 is 0.958 bits per heavy atom. The minimum atomic E-state index is -0.919. The Morgan fingerprint density at radius 3 is 2.54 bits per heavy atom. The first-order valence-electron chi connectivity index (χ1n) is 7.09. The Balaban J connectivity index is 1.79. The molecule has 0 saturated carbocycles. The molecular formula is C17H13BrF2N4. The fourth-order valence-electron chi connectivity index (χ4n) is 2.10. The molecule has 2 aromatic carbocycles. The molecule has 0 saturated heterocycles. The highest BCUT2D eigenvalue weighted by atomic mass is 79.9. The van der Waals surface area contributed by atoms with Gasteiger partial charge >= 0.3 is 0 Å². The molecule has 0 atom stereocenters. The molecule has 4 nitrogen and oxygen atoms in total. The molecular weight excluding hydrogens is 378 g/mol. The van der Waals surface area contributed by atoms with Crippen LogP contribution in [0.3, 0.4) is 0 Å². The number of aromatic nitrogens is 2. The predicted molar refractivity (Wildman–Crippen MR) is 93.8 cm³/mol. The summed E-state index contributed by atoms with van der Waals surface area (Å²) < 4.78 is 27.2. The zero-order chi connectivity index (χ0) is 17.1. The summed E-state index contributed by atoms with van der Waals surface area (Å²) in [6.07, 6.45) is 1.58. The van der Waals surface area contributed by atoms with E-state index in [4.69, 9.17) is 0 Å². The molecule has 3 rings (SSSR count). The standard InChI is InChI=1S/C17H13BrF2N4/c1-10-8-11(18)2-5-15(10)23-17-21-7-6-16(24-17)22-12-3-4-13(19)14(20)9-12/h2-9H,1H3,(H2,21,22,23,24). The van der Waals surface area contributed by atoms with Crippen molar-refractivity contribution in [3.05, 3.63) is 70.3 Å². The molecule has 0 bridgehead atoms. The van der Waals surface area contributed by atoms with Crippen LogP contribution < -0.4 is 10.6 Å². The second-order valence-corrected chi connectivity index (χ2v) is 6.02. The van der Waals surface area contributed by atoms with Crippen LogP contribution in [0.1, 0.15) is 5.56 Å². The number of aryl methyl sites for hydroxylation is 1. The molecule has 0 radical (unpaired) electrons.